The first-order valence-corrected chi connectivity index (χ1v) is 11.2. The summed E-state index contributed by atoms with van der Waals surface area (Å²) in [5, 5.41) is 17.1. The number of imide groups is 1. The van der Waals surface area contributed by atoms with Gasteiger partial charge in [0.15, 0.2) is 4.34 Å². The molecule has 1 heterocycles. The minimum absolute atomic E-state index is 0.214. The van der Waals surface area contributed by atoms with Crippen molar-refractivity contribution >= 4 is 45.9 Å². The number of aryl methyl sites for hydroxylation is 2. The van der Waals surface area contributed by atoms with E-state index in [2.05, 4.69) is 58.2 Å². The molecule has 1 atom stereocenters. The molecule has 3 amide bonds. The third kappa shape index (κ3) is 5.45. The van der Waals surface area contributed by atoms with Crippen molar-refractivity contribution in [2.24, 2.45) is 0 Å². The van der Waals surface area contributed by atoms with Crippen LogP contribution in [0.3, 0.4) is 0 Å². The van der Waals surface area contributed by atoms with Gasteiger partial charge in [0.1, 0.15) is 0 Å². The van der Waals surface area contributed by atoms with E-state index < -0.39 is 11.3 Å². The Labute approximate surface area is 173 Å². The summed E-state index contributed by atoms with van der Waals surface area (Å²) in [6, 6.07) is 6.08. The molecule has 1 unspecified atom stereocenters. The van der Waals surface area contributed by atoms with Gasteiger partial charge in [-0.3, -0.25) is 10.1 Å². The third-order valence-electron chi connectivity index (χ3n) is 4.43. The Morgan fingerprint density at radius 3 is 2.50 bits per heavy atom. The first-order chi connectivity index (χ1) is 13.5. The molecule has 2 aromatic rings. The van der Waals surface area contributed by atoms with E-state index in [1.54, 1.807) is 6.92 Å². The normalized spacial score (nSPS) is 14.4. The third-order valence-corrected chi connectivity index (χ3v) is 6.46. The van der Waals surface area contributed by atoms with Crippen LogP contribution in [0.4, 0.5) is 15.6 Å². The molecule has 1 aliphatic rings. The predicted molar refractivity (Wildman–Crippen MR) is 113 cm³/mol. The number of carbonyl (C=O) groups is 2. The molecule has 150 valence electrons. The van der Waals surface area contributed by atoms with Crippen LogP contribution in [0.25, 0.3) is 0 Å². The zero-order valence-corrected chi connectivity index (χ0v) is 17.9. The Morgan fingerprint density at radius 2 is 1.89 bits per heavy atom. The van der Waals surface area contributed by atoms with Gasteiger partial charge in [0, 0.05) is 11.7 Å². The molecular formula is C19H25N5O2S2. The lowest BCUT2D eigenvalue weighted by molar-refractivity contribution is -0.119. The molecule has 1 aromatic heterocycles. The predicted octanol–water partition coefficient (Wildman–Crippen LogP) is 3.88. The topological polar surface area (TPSA) is 96.0 Å². The van der Waals surface area contributed by atoms with Gasteiger partial charge < -0.3 is 10.6 Å². The van der Waals surface area contributed by atoms with Gasteiger partial charge in [-0.2, -0.15) is 0 Å². The zero-order valence-electron chi connectivity index (χ0n) is 16.2. The average Bonchev–Trinajstić information content (AvgIpc) is 3.38. The van der Waals surface area contributed by atoms with Gasteiger partial charge in [-0.25, -0.2) is 4.79 Å². The van der Waals surface area contributed by atoms with Crippen LogP contribution in [0.2, 0.25) is 0 Å². The number of hydrogen-bond acceptors (Lipinski definition) is 7. The van der Waals surface area contributed by atoms with Gasteiger partial charge in [-0.05, 0) is 43.7 Å². The summed E-state index contributed by atoms with van der Waals surface area (Å²) in [5.41, 5.74) is 3.55. The molecule has 0 radical (unpaired) electrons. The number of nitrogens with zero attached hydrogens (tertiary/aromatic N) is 2. The fourth-order valence-corrected chi connectivity index (χ4v) is 4.59. The van der Waals surface area contributed by atoms with Crippen molar-refractivity contribution in [3.8, 4) is 0 Å². The van der Waals surface area contributed by atoms with Gasteiger partial charge in [-0.1, -0.05) is 55.1 Å². The van der Waals surface area contributed by atoms with Crippen molar-refractivity contribution in [3.63, 3.8) is 0 Å². The molecule has 7 nitrogen and oxygen atoms in total. The SMILES string of the molecule is CCc1cccc(CC)c1Nc1nnc(SC(C)C(=O)NC(=O)NC2CC2)s1. The van der Waals surface area contributed by atoms with E-state index in [-0.39, 0.29) is 11.9 Å². The molecule has 0 aliphatic heterocycles. The Bertz CT molecular complexity index is 828. The summed E-state index contributed by atoms with van der Waals surface area (Å²) in [4.78, 5) is 23.9. The minimum atomic E-state index is -0.445. The summed E-state index contributed by atoms with van der Waals surface area (Å²) in [7, 11) is 0. The lowest BCUT2D eigenvalue weighted by atomic mass is 10.0. The number of amides is 3. The van der Waals surface area contributed by atoms with E-state index in [9.17, 15) is 9.59 Å². The van der Waals surface area contributed by atoms with Gasteiger partial charge in [-0.15, -0.1) is 10.2 Å². The Balaban J connectivity index is 1.59. The number of aromatic nitrogens is 2. The second-order valence-electron chi connectivity index (χ2n) is 6.65. The molecule has 0 saturated heterocycles. The standard InChI is InChI=1S/C19H25N5O2S2/c1-4-12-7-6-8-13(5-2)15(12)21-18-23-24-19(28-18)27-11(3)16(25)22-17(26)20-14-9-10-14/h6-8,11,14H,4-5,9-10H2,1-3H3,(H,21,23)(H2,20,22,25,26). The van der Waals surface area contributed by atoms with Gasteiger partial charge in [0.2, 0.25) is 11.0 Å². The summed E-state index contributed by atoms with van der Waals surface area (Å²) in [6.07, 6.45) is 3.81. The molecule has 0 spiro atoms. The molecule has 28 heavy (non-hydrogen) atoms. The lowest BCUT2D eigenvalue weighted by Crippen LogP contribution is -2.43. The van der Waals surface area contributed by atoms with E-state index >= 15 is 0 Å². The molecule has 1 aromatic carbocycles. The van der Waals surface area contributed by atoms with Crippen LogP contribution in [0, 0.1) is 0 Å². The number of thioether (sulfide) groups is 1. The number of para-hydroxylation sites is 1. The van der Waals surface area contributed by atoms with Crippen molar-refractivity contribution in [2.45, 2.75) is 62.1 Å². The summed E-state index contributed by atoms with van der Waals surface area (Å²) >= 11 is 2.69. The number of rotatable bonds is 8. The quantitative estimate of drug-likeness (QED) is 0.562. The van der Waals surface area contributed by atoms with E-state index in [4.69, 9.17) is 0 Å². The van der Waals surface area contributed by atoms with Crippen molar-refractivity contribution < 1.29 is 9.59 Å². The molecule has 1 fully saturated rings. The molecule has 1 saturated carbocycles. The highest BCUT2D eigenvalue weighted by atomic mass is 32.2. The van der Waals surface area contributed by atoms with Crippen LogP contribution in [-0.4, -0.2) is 33.4 Å². The first-order valence-electron chi connectivity index (χ1n) is 9.49. The fraction of sp³-hybridized carbons (Fsp3) is 0.474. The van der Waals surface area contributed by atoms with E-state index in [0.29, 0.717) is 9.47 Å². The molecule has 9 heteroatoms. The second kappa shape index (κ2) is 9.38. The number of anilines is 2. The number of benzene rings is 1. The summed E-state index contributed by atoms with van der Waals surface area (Å²) in [5.74, 6) is -0.336. The van der Waals surface area contributed by atoms with Crippen molar-refractivity contribution in [3.05, 3.63) is 29.3 Å². The molecular weight excluding hydrogens is 394 g/mol. The lowest BCUT2D eigenvalue weighted by Gasteiger charge is -2.13. The Kier molecular flexibility index (Phi) is 6.90. The number of carbonyl (C=O) groups excluding carboxylic acids is 2. The maximum atomic E-state index is 12.2. The van der Waals surface area contributed by atoms with Crippen LogP contribution < -0.4 is 16.0 Å². The van der Waals surface area contributed by atoms with Crippen LogP contribution in [0.1, 0.15) is 44.7 Å². The minimum Gasteiger partial charge on any atom is -0.335 e. The van der Waals surface area contributed by atoms with E-state index in [1.165, 1.54) is 34.2 Å². The monoisotopic (exact) mass is 419 g/mol. The fourth-order valence-electron chi connectivity index (χ4n) is 2.69. The molecule has 3 N–H and O–H groups in total. The largest absolute Gasteiger partial charge is 0.335 e. The number of nitrogens with one attached hydrogen (secondary N) is 3. The highest BCUT2D eigenvalue weighted by Gasteiger charge is 2.25. The molecule has 0 bridgehead atoms. The maximum absolute atomic E-state index is 12.2. The number of hydrogen-bond donors (Lipinski definition) is 3. The molecule has 1 aliphatic carbocycles. The van der Waals surface area contributed by atoms with Crippen LogP contribution >= 0.6 is 23.1 Å². The summed E-state index contributed by atoms with van der Waals surface area (Å²) in [6.45, 7) is 6.00. The van der Waals surface area contributed by atoms with Crippen LogP contribution in [0.5, 0.6) is 0 Å². The second-order valence-corrected chi connectivity index (χ2v) is 9.22. The molecule has 3 rings (SSSR count). The van der Waals surface area contributed by atoms with Crippen LogP contribution in [-0.2, 0) is 17.6 Å². The van der Waals surface area contributed by atoms with Crippen molar-refractivity contribution in [2.75, 3.05) is 5.32 Å². The van der Waals surface area contributed by atoms with Gasteiger partial charge >= 0.3 is 6.03 Å². The van der Waals surface area contributed by atoms with E-state index in [0.717, 1.165) is 31.4 Å². The zero-order chi connectivity index (χ0) is 20.1. The van der Waals surface area contributed by atoms with Gasteiger partial charge in [0.25, 0.3) is 0 Å². The average molecular weight is 420 g/mol. The maximum Gasteiger partial charge on any atom is 0.321 e. The van der Waals surface area contributed by atoms with Crippen LogP contribution in [0.15, 0.2) is 22.5 Å². The van der Waals surface area contributed by atoms with Crippen molar-refractivity contribution in [1.82, 2.24) is 20.8 Å². The Hall–Kier alpha value is -2.13. The van der Waals surface area contributed by atoms with Crippen molar-refractivity contribution in [1.29, 1.82) is 0 Å². The number of urea groups is 1. The first kappa shape index (κ1) is 20.6. The highest BCUT2D eigenvalue weighted by molar-refractivity contribution is 8.02. The van der Waals surface area contributed by atoms with E-state index in [1.807, 2.05) is 0 Å². The van der Waals surface area contributed by atoms with Gasteiger partial charge in [0.05, 0.1) is 5.25 Å². The summed E-state index contributed by atoms with van der Waals surface area (Å²) < 4.78 is 0.680. The Morgan fingerprint density at radius 1 is 1.21 bits per heavy atom. The highest BCUT2D eigenvalue weighted by Crippen LogP contribution is 2.32. The smallest absolute Gasteiger partial charge is 0.321 e.